The van der Waals surface area contributed by atoms with E-state index in [9.17, 15) is 14.4 Å². The molecule has 0 saturated heterocycles. The van der Waals surface area contributed by atoms with Crippen molar-refractivity contribution in [2.24, 2.45) is 14.1 Å². The van der Waals surface area contributed by atoms with Gasteiger partial charge in [-0.25, -0.2) is 0 Å². The van der Waals surface area contributed by atoms with Gasteiger partial charge in [-0.05, 0) is 54.6 Å². The Labute approximate surface area is 309 Å². The number of aryl methyl sites for hydroxylation is 2. The molecular formula is C40H47N7O6. The summed E-state index contributed by atoms with van der Waals surface area (Å²) in [5, 5.41) is 9.72. The first-order valence-corrected chi connectivity index (χ1v) is 17.4. The van der Waals surface area contributed by atoms with Crippen molar-refractivity contribution in [2.45, 2.75) is 0 Å². The van der Waals surface area contributed by atoms with Crippen LogP contribution < -0.4 is 16.0 Å². The highest BCUT2D eigenvalue weighted by Gasteiger charge is 2.17. The lowest BCUT2D eigenvalue weighted by Gasteiger charge is -2.17. The second kappa shape index (κ2) is 19.3. The van der Waals surface area contributed by atoms with Crippen molar-refractivity contribution in [2.75, 3.05) is 77.5 Å². The quantitative estimate of drug-likeness (QED) is 0.102. The number of methoxy groups -OCH3 is 1. The topological polar surface area (TPSA) is 141 Å². The van der Waals surface area contributed by atoms with Gasteiger partial charge in [-0.2, -0.15) is 0 Å². The number of nitrogens with zero attached hydrogens (tertiary/aromatic N) is 4. The Balaban J connectivity index is 1.06. The molecule has 53 heavy (non-hydrogen) atoms. The molecule has 3 amide bonds. The van der Waals surface area contributed by atoms with Crippen LogP contribution in [0.5, 0.6) is 0 Å². The molecule has 13 heteroatoms. The van der Waals surface area contributed by atoms with Crippen LogP contribution in [0.2, 0.25) is 0 Å². The summed E-state index contributed by atoms with van der Waals surface area (Å²) < 4.78 is 19.2. The monoisotopic (exact) mass is 721 g/mol. The van der Waals surface area contributed by atoms with Crippen molar-refractivity contribution in [3.8, 4) is 0 Å². The highest BCUT2D eigenvalue weighted by Crippen LogP contribution is 2.19. The first kappa shape index (κ1) is 38.6. The van der Waals surface area contributed by atoms with Gasteiger partial charge in [0, 0.05) is 70.4 Å². The van der Waals surface area contributed by atoms with Crippen LogP contribution in [0.25, 0.3) is 23.1 Å². The number of aromatic nitrogens is 3. The first-order valence-electron chi connectivity index (χ1n) is 17.4. The molecule has 0 aliphatic heterocycles. The fourth-order valence-electron chi connectivity index (χ4n) is 5.48. The summed E-state index contributed by atoms with van der Waals surface area (Å²) in [5.74, 6) is -0.927. The zero-order valence-electron chi connectivity index (χ0n) is 30.6. The SMILES string of the molecule is COCCOCCOCCN(C)CCNC(=O)c1cc(NC(=O)c2cc(NC(=O)c3ccc(/C=C/c4cnc5ccccc5c4)cc3)cn2C)cn1C. The summed E-state index contributed by atoms with van der Waals surface area (Å²) in [7, 11) is 7.07. The number of hydrogen-bond acceptors (Lipinski definition) is 8. The van der Waals surface area contributed by atoms with Gasteiger partial charge >= 0.3 is 0 Å². The van der Waals surface area contributed by atoms with Crippen molar-refractivity contribution < 1.29 is 28.6 Å². The largest absolute Gasteiger partial charge is 0.382 e. The van der Waals surface area contributed by atoms with Crippen molar-refractivity contribution in [3.63, 3.8) is 0 Å². The zero-order valence-corrected chi connectivity index (χ0v) is 30.6. The van der Waals surface area contributed by atoms with E-state index in [1.54, 1.807) is 67.0 Å². The minimum atomic E-state index is -0.381. The van der Waals surface area contributed by atoms with Crippen LogP contribution in [0.3, 0.4) is 0 Å². The highest BCUT2D eigenvalue weighted by atomic mass is 16.5. The maximum Gasteiger partial charge on any atom is 0.272 e. The Bertz CT molecular complexity index is 2020. The fourth-order valence-corrected chi connectivity index (χ4v) is 5.48. The Morgan fingerprint density at radius 1 is 0.736 bits per heavy atom. The maximum atomic E-state index is 13.2. The Kier molecular flexibility index (Phi) is 14.1. The van der Waals surface area contributed by atoms with E-state index in [2.05, 4.69) is 31.9 Å². The van der Waals surface area contributed by atoms with Gasteiger partial charge in [0.1, 0.15) is 11.4 Å². The first-order chi connectivity index (χ1) is 25.7. The molecule has 0 aliphatic rings. The summed E-state index contributed by atoms with van der Waals surface area (Å²) in [4.78, 5) is 45.7. The number of anilines is 2. The summed E-state index contributed by atoms with van der Waals surface area (Å²) >= 11 is 0. The predicted molar refractivity (Wildman–Crippen MR) is 207 cm³/mol. The normalized spacial score (nSPS) is 11.4. The molecular weight excluding hydrogens is 674 g/mol. The average Bonchev–Trinajstić information content (AvgIpc) is 3.72. The highest BCUT2D eigenvalue weighted by molar-refractivity contribution is 6.07. The van der Waals surface area contributed by atoms with E-state index in [1.165, 1.54) is 0 Å². The maximum absolute atomic E-state index is 13.2. The van der Waals surface area contributed by atoms with Gasteiger partial charge in [-0.1, -0.05) is 42.5 Å². The number of amides is 3. The Morgan fingerprint density at radius 3 is 2.08 bits per heavy atom. The van der Waals surface area contributed by atoms with E-state index in [0.717, 1.165) is 28.6 Å². The molecule has 0 bridgehead atoms. The molecule has 278 valence electrons. The molecule has 0 radical (unpaired) electrons. The lowest BCUT2D eigenvalue weighted by Crippen LogP contribution is -2.35. The zero-order chi connectivity index (χ0) is 37.6. The van der Waals surface area contributed by atoms with Crippen molar-refractivity contribution in [1.29, 1.82) is 0 Å². The minimum Gasteiger partial charge on any atom is -0.382 e. The predicted octanol–water partition coefficient (Wildman–Crippen LogP) is 4.93. The smallest absolute Gasteiger partial charge is 0.272 e. The van der Waals surface area contributed by atoms with Crippen LogP contribution >= 0.6 is 0 Å². The fraction of sp³-hybridized carbons (Fsp3) is 0.300. The van der Waals surface area contributed by atoms with Crippen molar-refractivity contribution in [1.82, 2.24) is 24.3 Å². The van der Waals surface area contributed by atoms with E-state index in [-0.39, 0.29) is 17.7 Å². The molecule has 0 fully saturated rings. The summed E-state index contributed by atoms with van der Waals surface area (Å²) in [6.07, 6.45) is 9.14. The molecule has 0 saturated carbocycles. The number of hydrogen-bond donors (Lipinski definition) is 3. The molecule has 0 atom stereocenters. The number of likely N-dealkylation sites (N-methyl/N-ethyl adjacent to an activating group) is 1. The second-order valence-electron chi connectivity index (χ2n) is 12.6. The molecule has 5 aromatic rings. The van der Waals surface area contributed by atoms with E-state index in [4.69, 9.17) is 14.2 Å². The van der Waals surface area contributed by atoms with Gasteiger partial charge in [0.25, 0.3) is 17.7 Å². The van der Waals surface area contributed by atoms with Crippen LogP contribution in [-0.2, 0) is 28.3 Å². The molecule has 0 spiro atoms. The molecule has 3 heterocycles. The number of para-hydroxylation sites is 1. The molecule has 5 rings (SSSR count). The summed E-state index contributed by atoms with van der Waals surface area (Å²) in [5.41, 5.74) is 5.05. The third-order valence-electron chi connectivity index (χ3n) is 8.44. The number of benzene rings is 2. The molecule has 13 nitrogen and oxygen atoms in total. The number of pyridine rings is 1. The van der Waals surface area contributed by atoms with Gasteiger partial charge in [-0.15, -0.1) is 0 Å². The number of ether oxygens (including phenoxy) is 3. The number of fused-ring (bicyclic) bond motifs is 1. The van der Waals surface area contributed by atoms with Gasteiger partial charge in [0.15, 0.2) is 0 Å². The summed E-state index contributed by atoms with van der Waals surface area (Å²) in [6.45, 7) is 4.53. The Morgan fingerprint density at radius 2 is 1.36 bits per heavy atom. The lowest BCUT2D eigenvalue weighted by atomic mass is 10.1. The number of nitrogens with one attached hydrogen (secondary N) is 3. The van der Waals surface area contributed by atoms with Gasteiger partial charge in [-0.3, -0.25) is 19.4 Å². The summed E-state index contributed by atoms with van der Waals surface area (Å²) in [6, 6.07) is 20.5. The van der Waals surface area contributed by atoms with E-state index >= 15 is 0 Å². The molecule has 3 N–H and O–H groups in total. The number of rotatable bonds is 19. The van der Waals surface area contributed by atoms with Crippen molar-refractivity contribution >= 4 is 52.2 Å². The van der Waals surface area contributed by atoms with Crippen LogP contribution in [0, 0.1) is 0 Å². The van der Waals surface area contributed by atoms with Gasteiger partial charge in [0.2, 0.25) is 0 Å². The molecule has 0 unspecified atom stereocenters. The van der Waals surface area contributed by atoms with Crippen LogP contribution in [0.1, 0.15) is 42.5 Å². The van der Waals surface area contributed by atoms with Gasteiger partial charge in [0.05, 0.1) is 49.9 Å². The second-order valence-corrected chi connectivity index (χ2v) is 12.6. The minimum absolute atomic E-state index is 0.249. The van der Waals surface area contributed by atoms with E-state index in [0.29, 0.717) is 74.5 Å². The number of carbonyl (C=O) groups is 3. The van der Waals surface area contributed by atoms with Crippen molar-refractivity contribution in [3.05, 3.63) is 113 Å². The van der Waals surface area contributed by atoms with Gasteiger partial charge < -0.3 is 44.2 Å². The lowest BCUT2D eigenvalue weighted by molar-refractivity contribution is 0.0209. The van der Waals surface area contributed by atoms with Crippen LogP contribution in [-0.4, -0.2) is 104 Å². The van der Waals surface area contributed by atoms with E-state index in [1.807, 2.05) is 61.8 Å². The van der Waals surface area contributed by atoms with Crippen LogP contribution in [0.15, 0.2) is 85.3 Å². The molecule has 3 aromatic heterocycles. The number of carbonyl (C=O) groups excluding carboxylic acids is 3. The standard InChI is InChI=1S/C40H47N7O6/c1-45(17-18-52-21-22-53-20-19-51-4)16-15-41-39(49)36-24-34(28-46(36)2)44-40(50)37-25-33(27-47(37)3)43-38(48)31-13-11-29(12-14-31)9-10-30-23-32-7-5-6-8-35(32)42-26-30/h5-14,23-28H,15-22H2,1-4H3,(H,41,49)(H,43,48)(H,44,50)/b10-9+. The van der Waals surface area contributed by atoms with Crippen LogP contribution in [0.4, 0.5) is 11.4 Å². The third-order valence-corrected chi connectivity index (χ3v) is 8.44. The molecule has 0 aliphatic carbocycles. The average molecular weight is 722 g/mol. The molecule has 2 aromatic carbocycles. The van der Waals surface area contributed by atoms with E-state index < -0.39 is 0 Å². The Hall–Kier alpha value is -5.60. The third kappa shape index (κ3) is 11.4.